The molecule has 0 spiro atoms. The van der Waals surface area contributed by atoms with Gasteiger partial charge >= 0.3 is 0 Å². The molecule has 1 saturated heterocycles. The molecule has 0 aromatic carbocycles. The number of fused-ring (bicyclic) bond motifs is 2. The molecule has 1 heterocycles. The molecule has 0 aromatic rings. The van der Waals surface area contributed by atoms with E-state index >= 15 is 0 Å². The molecule has 4 atom stereocenters. The van der Waals surface area contributed by atoms with Crippen LogP contribution in [0.4, 0.5) is 0 Å². The largest absolute Gasteiger partial charge is 0.311 e. The van der Waals surface area contributed by atoms with Crippen LogP contribution in [0.5, 0.6) is 0 Å². The van der Waals surface area contributed by atoms with Gasteiger partial charge in [-0.05, 0) is 69.6 Å². The van der Waals surface area contributed by atoms with Gasteiger partial charge in [0.05, 0.1) is 11.5 Å². The fourth-order valence-electron chi connectivity index (χ4n) is 5.03. The summed E-state index contributed by atoms with van der Waals surface area (Å²) in [6.45, 7) is 7.63. The Kier molecular flexibility index (Phi) is 3.49. The Morgan fingerprint density at radius 2 is 1.90 bits per heavy atom. The lowest BCUT2D eigenvalue weighted by Crippen LogP contribution is -2.50. The zero-order valence-corrected chi connectivity index (χ0v) is 13.9. The first-order chi connectivity index (χ1) is 9.20. The van der Waals surface area contributed by atoms with E-state index < -0.39 is 9.84 Å². The normalized spacial score (nSPS) is 43.2. The summed E-state index contributed by atoms with van der Waals surface area (Å²) in [6, 6.07) is 0. The summed E-state index contributed by atoms with van der Waals surface area (Å²) < 4.78 is 23.9. The molecule has 3 nitrogen and oxygen atoms in total. The Morgan fingerprint density at radius 1 is 1.15 bits per heavy atom. The van der Waals surface area contributed by atoms with Gasteiger partial charge in [0.15, 0.2) is 9.84 Å². The first-order valence-electron chi connectivity index (χ1n) is 8.16. The lowest BCUT2D eigenvalue weighted by Gasteiger charge is -2.44. The molecule has 3 aliphatic rings. The molecule has 3 fully saturated rings. The maximum absolute atomic E-state index is 11.9. The molecule has 0 aromatic heterocycles. The van der Waals surface area contributed by atoms with E-state index in [4.69, 9.17) is 0 Å². The van der Waals surface area contributed by atoms with Crippen LogP contribution in [-0.2, 0) is 9.84 Å². The third-order valence-electron chi connectivity index (χ3n) is 6.02. The van der Waals surface area contributed by atoms with Crippen molar-refractivity contribution in [1.29, 1.82) is 0 Å². The van der Waals surface area contributed by atoms with E-state index in [0.717, 1.165) is 24.8 Å². The van der Waals surface area contributed by atoms with Crippen LogP contribution in [0.15, 0.2) is 0 Å². The maximum Gasteiger partial charge on any atom is 0.150 e. The van der Waals surface area contributed by atoms with E-state index in [1.807, 2.05) is 0 Å². The van der Waals surface area contributed by atoms with Gasteiger partial charge in [0.1, 0.15) is 0 Å². The molecule has 116 valence electrons. The van der Waals surface area contributed by atoms with E-state index in [2.05, 4.69) is 26.1 Å². The molecule has 3 rings (SSSR count). The summed E-state index contributed by atoms with van der Waals surface area (Å²) in [6.07, 6.45) is 6.22. The van der Waals surface area contributed by atoms with Crippen molar-refractivity contribution in [3.05, 3.63) is 0 Å². The van der Waals surface area contributed by atoms with Crippen molar-refractivity contribution < 1.29 is 8.42 Å². The van der Waals surface area contributed by atoms with Crippen molar-refractivity contribution in [2.24, 2.45) is 23.2 Å². The van der Waals surface area contributed by atoms with E-state index in [1.54, 1.807) is 0 Å². The number of rotatable bonds is 3. The SMILES string of the molecule is CC(C)(C)NCC1(C2CCS(=O)(=O)C2)CC2CCC1C2. The predicted molar refractivity (Wildman–Crippen MR) is 82.4 cm³/mol. The van der Waals surface area contributed by atoms with Gasteiger partial charge in [-0.2, -0.15) is 0 Å². The fraction of sp³-hybridized carbons (Fsp3) is 1.00. The molecule has 2 saturated carbocycles. The molecular weight excluding hydrogens is 270 g/mol. The van der Waals surface area contributed by atoms with Gasteiger partial charge in [0.2, 0.25) is 0 Å². The Bertz CT molecular complexity index is 479. The average molecular weight is 299 g/mol. The van der Waals surface area contributed by atoms with Gasteiger partial charge in [-0.3, -0.25) is 0 Å². The third-order valence-corrected chi connectivity index (χ3v) is 7.78. The third kappa shape index (κ3) is 2.66. The summed E-state index contributed by atoms with van der Waals surface area (Å²) in [7, 11) is -2.77. The van der Waals surface area contributed by atoms with Crippen molar-refractivity contribution in [3.8, 4) is 0 Å². The van der Waals surface area contributed by atoms with E-state index in [1.165, 1.54) is 25.7 Å². The first kappa shape index (κ1) is 14.8. The summed E-state index contributed by atoms with van der Waals surface area (Å²) in [5, 5.41) is 3.70. The van der Waals surface area contributed by atoms with Gasteiger partial charge in [-0.25, -0.2) is 8.42 Å². The summed E-state index contributed by atoms with van der Waals surface area (Å²) >= 11 is 0. The first-order valence-corrected chi connectivity index (χ1v) is 9.98. The van der Waals surface area contributed by atoms with Gasteiger partial charge < -0.3 is 5.32 Å². The van der Waals surface area contributed by atoms with Crippen LogP contribution in [0.1, 0.15) is 52.9 Å². The average Bonchev–Trinajstić information content (AvgIpc) is 2.99. The Hall–Kier alpha value is -0.0900. The minimum Gasteiger partial charge on any atom is -0.311 e. The van der Waals surface area contributed by atoms with Crippen LogP contribution < -0.4 is 5.32 Å². The van der Waals surface area contributed by atoms with Crippen LogP contribution in [0.25, 0.3) is 0 Å². The molecule has 1 N–H and O–H groups in total. The highest BCUT2D eigenvalue weighted by molar-refractivity contribution is 7.91. The van der Waals surface area contributed by atoms with E-state index in [-0.39, 0.29) is 11.0 Å². The lowest BCUT2D eigenvalue weighted by molar-refractivity contribution is 0.0777. The van der Waals surface area contributed by atoms with Gasteiger partial charge in [0, 0.05) is 12.1 Å². The molecular formula is C16H29NO2S. The fourth-order valence-corrected chi connectivity index (χ4v) is 6.95. The predicted octanol–water partition coefficient (Wildman–Crippen LogP) is 2.62. The molecule has 1 aliphatic heterocycles. The van der Waals surface area contributed by atoms with Crippen molar-refractivity contribution in [2.75, 3.05) is 18.1 Å². The van der Waals surface area contributed by atoms with Crippen molar-refractivity contribution in [2.45, 2.75) is 58.4 Å². The second kappa shape index (κ2) is 4.70. The van der Waals surface area contributed by atoms with Crippen LogP contribution in [0, 0.1) is 23.2 Å². The van der Waals surface area contributed by atoms with E-state index in [9.17, 15) is 8.42 Å². The topological polar surface area (TPSA) is 46.2 Å². The van der Waals surface area contributed by atoms with Gasteiger partial charge in [0.25, 0.3) is 0 Å². The van der Waals surface area contributed by atoms with Crippen molar-refractivity contribution in [1.82, 2.24) is 5.32 Å². The van der Waals surface area contributed by atoms with Crippen LogP contribution in [-0.4, -0.2) is 32.0 Å². The van der Waals surface area contributed by atoms with E-state index in [0.29, 0.717) is 17.4 Å². The Labute approximate surface area is 123 Å². The lowest BCUT2D eigenvalue weighted by atomic mass is 9.64. The van der Waals surface area contributed by atoms with Crippen LogP contribution in [0.3, 0.4) is 0 Å². The van der Waals surface area contributed by atoms with Crippen LogP contribution in [0.2, 0.25) is 0 Å². The summed E-state index contributed by atoms with van der Waals surface area (Å²) in [5.74, 6) is 2.90. The Morgan fingerprint density at radius 3 is 2.35 bits per heavy atom. The Balaban J connectivity index is 1.82. The number of sulfone groups is 1. The highest BCUT2D eigenvalue weighted by Crippen LogP contribution is 2.60. The van der Waals surface area contributed by atoms with Crippen LogP contribution >= 0.6 is 0 Å². The second-order valence-electron chi connectivity index (χ2n) is 8.52. The number of hydrogen-bond donors (Lipinski definition) is 1. The van der Waals surface area contributed by atoms with Gasteiger partial charge in [-0.1, -0.05) is 6.42 Å². The highest BCUT2D eigenvalue weighted by Gasteiger charge is 2.56. The summed E-state index contributed by atoms with van der Waals surface area (Å²) in [5.41, 5.74) is 0.381. The zero-order chi connectivity index (χ0) is 14.6. The minimum absolute atomic E-state index is 0.117. The highest BCUT2D eigenvalue weighted by atomic mass is 32.2. The second-order valence-corrected chi connectivity index (χ2v) is 10.7. The van der Waals surface area contributed by atoms with Crippen molar-refractivity contribution >= 4 is 9.84 Å². The number of hydrogen-bond acceptors (Lipinski definition) is 3. The molecule has 4 unspecified atom stereocenters. The smallest absolute Gasteiger partial charge is 0.150 e. The monoisotopic (exact) mass is 299 g/mol. The molecule has 2 aliphatic carbocycles. The quantitative estimate of drug-likeness (QED) is 0.871. The zero-order valence-electron chi connectivity index (χ0n) is 13.1. The minimum atomic E-state index is -2.77. The van der Waals surface area contributed by atoms with Gasteiger partial charge in [-0.15, -0.1) is 0 Å². The molecule has 4 heteroatoms. The molecule has 0 radical (unpaired) electrons. The molecule has 20 heavy (non-hydrogen) atoms. The summed E-state index contributed by atoms with van der Waals surface area (Å²) in [4.78, 5) is 0. The number of nitrogens with one attached hydrogen (secondary N) is 1. The maximum atomic E-state index is 11.9. The molecule has 2 bridgehead atoms. The molecule has 0 amide bonds. The standard InChI is InChI=1S/C16H29NO2S/c1-15(2,3)17-11-16(9-12-4-5-13(16)8-12)14-6-7-20(18,19)10-14/h12-14,17H,4-11H2,1-3H3. The van der Waals surface area contributed by atoms with Crippen molar-refractivity contribution in [3.63, 3.8) is 0 Å².